The third kappa shape index (κ3) is 3.58. The van der Waals surface area contributed by atoms with Crippen molar-refractivity contribution in [3.63, 3.8) is 0 Å². The third-order valence-corrected chi connectivity index (χ3v) is 5.91. The molecular weight excluding hydrogens is 277 g/mol. The van der Waals surface area contributed by atoms with Crippen molar-refractivity contribution in [2.45, 2.75) is 44.9 Å². The minimum atomic E-state index is -3.26. The molecule has 1 aromatic rings. The van der Waals surface area contributed by atoms with Crippen LogP contribution in [-0.4, -0.2) is 26.0 Å². The first kappa shape index (κ1) is 17.1. The van der Waals surface area contributed by atoms with Gasteiger partial charge in [0.15, 0.2) is 9.84 Å². The molecule has 3 nitrogen and oxygen atoms in total. The summed E-state index contributed by atoms with van der Waals surface area (Å²) in [7, 11) is -3.26. The van der Waals surface area contributed by atoms with Gasteiger partial charge >= 0.3 is 0 Å². The molecule has 0 bridgehead atoms. The second-order valence-corrected chi connectivity index (χ2v) is 8.37. The maximum absolute atomic E-state index is 13.4. The molecule has 0 aromatic heterocycles. The Morgan fingerprint density at radius 3 is 2.40 bits per heavy atom. The highest BCUT2D eigenvalue weighted by Gasteiger charge is 2.39. The van der Waals surface area contributed by atoms with Crippen LogP contribution in [0.4, 0.5) is 4.39 Å². The third-order valence-electron chi connectivity index (χ3n) is 3.76. The van der Waals surface area contributed by atoms with Crippen LogP contribution in [0.1, 0.15) is 44.4 Å². The van der Waals surface area contributed by atoms with Crippen molar-refractivity contribution in [3.05, 3.63) is 35.1 Å². The van der Waals surface area contributed by atoms with Crippen molar-refractivity contribution < 1.29 is 12.8 Å². The van der Waals surface area contributed by atoms with E-state index in [1.807, 2.05) is 6.92 Å². The lowest BCUT2D eigenvalue weighted by Gasteiger charge is -2.34. The van der Waals surface area contributed by atoms with Crippen LogP contribution in [0.25, 0.3) is 0 Å². The van der Waals surface area contributed by atoms with E-state index in [9.17, 15) is 12.8 Å². The van der Waals surface area contributed by atoms with Crippen LogP contribution in [0.3, 0.4) is 0 Å². The molecule has 1 N–H and O–H groups in total. The predicted molar refractivity (Wildman–Crippen MR) is 81.1 cm³/mol. The number of sulfone groups is 1. The van der Waals surface area contributed by atoms with Gasteiger partial charge in [0.1, 0.15) is 5.82 Å². The summed E-state index contributed by atoms with van der Waals surface area (Å²) in [6.07, 6.45) is 2.14. The van der Waals surface area contributed by atoms with Gasteiger partial charge in [-0.05, 0) is 50.9 Å². The van der Waals surface area contributed by atoms with Gasteiger partial charge in [-0.1, -0.05) is 19.1 Å². The largest absolute Gasteiger partial charge is 0.309 e. The second-order valence-electron chi connectivity index (χ2n) is 5.77. The molecule has 1 rings (SSSR count). The van der Waals surface area contributed by atoms with Gasteiger partial charge in [-0.25, -0.2) is 12.8 Å². The van der Waals surface area contributed by atoms with Gasteiger partial charge in [-0.15, -0.1) is 0 Å². The van der Waals surface area contributed by atoms with E-state index in [0.717, 1.165) is 12.0 Å². The highest BCUT2D eigenvalue weighted by atomic mass is 32.2. The van der Waals surface area contributed by atoms with E-state index in [0.29, 0.717) is 12.1 Å². The Morgan fingerprint density at radius 2 is 1.95 bits per heavy atom. The van der Waals surface area contributed by atoms with Crippen LogP contribution in [0.5, 0.6) is 0 Å². The summed E-state index contributed by atoms with van der Waals surface area (Å²) in [6, 6.07) is 4.40. The molecule has 114 valence electrons. The van der Waals surface area contributed by atoms with E-state index in [4.69, 9.17) is 0 Å². The standard InChI is InChI=1S/C15H24FNO2S/c1-6-9-17-14(15(3,4)20(5,18)19)12-7-8-13(16)11(2)10-12/h7-8,10,14,17H,6,9H2,1-5H3. The minimum absolute atomic E-state index is 0.278. The summed E-state index contributed by atoms with van der Waals surface area (Å²) >= 11 is 0. The number of halogens is 1. The van der Waals surface area contributed by atoms with E-state index >= 15 is 0 Å². The van der Waals surface area contributed by atoms with Crippen molar-refractivity contribution in [3.8, 4) is 0 Å². The highest BCUT2D eigenvalue weighted by Crippen LogP contribution is 2.33. The molecule has 1 unspecified atom stereocenters. The second kappa shape index (κ2) is 6.22. The molecule has 0 radical (unpaired) electrons. The number of nitrogens with one attached hydrogen (secondary N) is 1. The topological polar surface area (TPSA) is 46.2 Å². The fraction of sp³-hybridized carbons (Fsp3) is 0.600. The molecule has 0 aliphatic heterocycles. The molecule has 1 atom stereocenters. The first-order valence-electron chi connectivity index (χ1n) is 6.80. The zero-order valence-electron chi connectivity index (χ0n) is 12.8. The van der Waals surface area contributed by atoms with Crippen molar-refractivity contribution in [2.24, 2.45) is 0 Å². The van der Waals surface area contributed by atoms with Gasteiger partial charge in [0, 0.05) is 6.26 Å². The normalized spacial score (nSPS) is 14.3. The molecule has 20 heavy (non-hydrogen) atoms. The summed E-state index contributed by atoms with van der Waals surface area (Å²) in [4.78, 5) is 0. The monoisotopic (exact) mass is 301 g/mol. The Morgan fingerprint density at radius 1 is 1.35 bits per heavy atom. The molecule has 0 spiro atoms. The Bertz CT molecular complexity index is 567. The smallest absolute Gasteiger partial charge is 0.154 e. The van der Waals surface area contributed by atoms with Crippen LogP contribution in [0, 0.1) is 12.7 Å². The Kier molecular flexibility index (Phi) is 5.33. The summed E-state index contributed by atoms with van der Waals surface area (Å²) in [5.74, 6) is -0.278. The lowest BCUT2D eigenvalue weighted by molar-refractivity contribution is 0.419. The zero-order valence-corrected chi connectivity index (χ0v) is 13.6. The molecule has 0 saturated heterocycles. The average molecular weight is 301 g/mol. The fourth-order valence-corrected chi connectivity index (χ4v) is 2.76. The number of hydrogen-bond donors (Lipinski definition) is 1. The highest BCUT2D eigenvalue weighted by molar-refractivity contribution is 7.92. The van der Waals surface area contributed by atoms with Crippen molar-refractivity contribution in [2.75, 3.05) is 12.8 Å². The van der Waals surface area contributed by atoms with E-state index in [-0.39, 0.29) is 11.9 Å². The van der Waals surface area contributed by atoms with Gasteiger partial charge in [0.05, 0.1) is 10.8 Å². The van der Waals surface area contributed by atoms with E-state index in [1.54, 1.807) is 32.9 Å². The lowest BCUT2D eigenvalue weighted by Crippen LogP contribution is -2.45. The summed E-state index contributed by atoms with van der Waals surface area (Å²) in [5.41, 5.74) is 1.32. The Labute approximate surface area is 121 Å². The first-order chi connectivity index (χ1) is 9.11. The molecule has 5 heteroatoms. The SMILES string of the molecule is CCCNC(c1ccc(F)c(C)c1)C(C)(C)S(C)(=O)=O. The molecule has 0 heterocycles. The Hall–Kier alpha value is -0.940. The fourth-order valence-electron chi connectivity index (χ4n) is 2.12. The number of benzene rings is 1. The van der Waals surface area contributed by atoms with Crippen molar-refractivity contribution in [1.29, 1.82) is 0 Å². The van der Waals surface area contributed by atoms with E-state index < -0.39 is 14.6 Å². The number of aryl methyl sites for hydroxylation is 1. The van der Waals surface area contributed by atoms with Crippen LogP contribution in [-0.2, 0) is 9.84 Å². The molecular formula is C15H24FNO2S. The van der Waals surface area contributed by atoms with Gasteiger partial charge < -0.3 is 5.32 Å². The van der Waals surface area contributed by atoms with Gasteiger partial charge in [-0.2, -0.15) is 0 Å². The minimum Gasteiger partial charge on any atom is -0.309 e. The number of hydrogen-bond acceptors (Lipinski definition) is 3. The van der Waals surface area contributed by atoms with Gasteiger partial charge in [0.25, 0.3) is 0 Å². The summed E-state index contributed by atoms with van der Waals surface area (Å²) < 4.78 is 36.6. The molecule has 1 aromatic carbocycles. The predicted octanol–water partition coefficient (Wildman–Crippen LogP) is 3.00. The van der Waals surface area contributed by atoms with Crippen LogP contribution in [0.2, 0.25) is 0 Å². The zero-order chi connectivity index (χ0) is 15.6. The number of rotatable bonds is 6. The van der Waals surface area contributed by atoms with Crippen LogP contribution in [0.15, 0.2) is 18.2 Å². The van der Waals surface area contributed by atoms with Crippen LogP contribution >= 0.6 is 0 Å². The maximum atomic E-state index is 13.4. The molecule has 0 amide bonds. The van der Waals surface area contributed by atoms with Crippen LogP contribution < -0.4 is 5.32 Å². The van der Waals surface area contributed by atoms with E-state index in [1.165, 1.54) is 12.3 Å². The molecule has 0 aliphatic carbocycles. The lowest BCUT2D eigenvalue weighted by atomic mass is 9.93. The quantitative estimate of drug-likeness (QED) is 0.878. The van der Waals surface area contributed by atoms with Gasteiger partial charge in [-0.3, -0.25) is 0 Å². The average Bonchev–Trinajstić information content (AvgIpc) is 2.32. The van der Waals surface area contributed by atoms with E-state index in [2.05, 4.69) is 5.32 Å². The molecule has 0 aliphatic rings. The van der Waals surface area contributed by atoms with Gasteiger partial charge in [0.2, 0.25) is 0 Å². The summed E-state index contributed by atoms with van der Waals surface area (Å²) in [5, 5.41) is 3.28. The molecule has 0 fully saturated rings. The maximum Gasteiger partial charge on any atom is 0.154 e. The Balaban J connectivity index is 3.28. The summed E-state index contributed by atoms with van der Waals surface area (Å²) in [6.45, 7) is 7.82. The molecule has 0 saturated carbocycles. The van der Waals surface area contributed by atoms with Crippen molar-refractivity contribution >= 4 is 9.84 Å². The first-order valence-corrected chi connectivity index (χ1v) is 8.69. The van der Waals surface area contributed by atoms with Crippen molar-refractivity contribution in [1.82, 2.24) is 5.32 Å².